The number of guanidine groups is 1. The smallest absolute Gasteiger partial charge is 0.188 e. The summed E-state index contributed by atoms with van der Waals surface area (Å²) < 4.78 is 0. The fourth-order valence-electron chi connectivity index (χ4n) is 2.08. The molecule has 6 heteroatoms. The summed E-state index contributed by atoms with van der Waals surface area (Å²) in [7, 11) is 0. The maximum atomic E-state index is 5.79. The molecule has 1 fully saturated rings. The SMILES string of the molecule is CCCCN=C(N)NCCN1CCN(CC)CC1.I. The summed E-state index contributed by atoms with van der Waals surface area (Å²) in [6.07, 6.45) is 2.28. The number of halogens is 1. The zero-order chi connectivity index (χ0) is 13.2. The highest BCUT2D eigenvalue weighted by molar-refractivity contribution is 14.0. The van der Waals surface area contributed by atoms with Crippen LogP contribution in [0.2, 0.25) is 0 Å². The Labute approximate surface area is 135 Å². The molecule has 114 valence electrons. The van der Waals surface area contributed by atoms with Crippen molar-refractivity contribution in [1.29, 1.82) is 0 Å². The lowest BCUT2D eigenvalue weighted by molar-refractivity contribution is 0.139. The number of hydrogen-bond donors (Lipinski definition) is 2. The van der Waals surface area contributed by atoms with E-state index in [2.05, 4.69) is 34.0 Å². The van der Waals surface area contributed by atoms with Gasteiger partial charge in [0, 0.05) is 45.8 Å². The number of unbranched alkanes of at least 4 members (excludes halogenated alkanes) is 1. The summed E-state index contributed by atoms with van der Waals surface area (Å²) in [6.45, 7) is 13.1. The molecule has 1 saturated heterocycles. The Hall–Kier alpha value is -0.0800. The van der Waals surface area contributed by atoms with Crippen molar-refractivity contribution in [3.63, 3.8) is 0 Å². The van der Waals surface area contributed by atoms with Gasteiger partial charge in [0.1, 0.15) is 0 Å². The average molecular weight is 383 g/mol. The Morgan fingerprint density at radius 3 is 2.37 bits per heavy atom. The van der Waals surface area contributed by atoms with Crippen molar-refractivity contribution < 1.29 is 0 Å². The number of aliphatic imine (C=N–C) groups is 1. The number of likely N-dealkylation sites (N-methyl/N-ethyl adjacent to an activating group) is 1. The first-order valence-electron chi connectivity index (χ1n) is 7.24. The fraction of sp³-hybridized carbons (Fsp3) is 0.923. The van der Waals surface area contributed by atoms with Gasteiger partial charge >= 0.3 is 0 Å². The standard InChI is InChI=1S/C13H29N5.HI/c1-3-5-6-15-13(14)16-7-8-18-11-9-17(4-2)10-12-18;/h3-12H2,1-2H3,(H3,14,15,16);1H. The van der Waals surface area contributed by atoms with Crippen molar-refractivity contribution in [2.75, 3.05) is 52.4 Å². The van der Waals surface area contributed by atoms with Gasteiger partial charge in [-0.05, 0) is 13.0 Å². The molecular formula is C13H30IN5. The molecule has 1 heterocycles. The van der Waals surface area contributed by atoms with E-state index >= 15 is 0 Å². The van der Waals surface area contributed by atoms with Gasteiger partial charge in [-0.1, -0.05) is 20.3 Å². The predicted octanol–water partition coefficient (Wildman–Crippen LogP) is 0.946. The molecule has 0 amide bonds. The number of piperazine rings is 1. The van der Waals surface area contributed by atoms with Crippen LogP contribution in [0.4, 0.5) is 0 Å². The van der Waals surface area contributed by atoms with Crippen LogP contribution in [0.3, 0.4) is 0 Å². The number of nitrogens with one attached hydrogen (secondary N) is 1. The summed E-state index contributed by atoms with van der Waals surface area (Å²) in [4.78, 5) is 9.25. The van der Waals surface area contributed by atoms with Crippen molar-refractivity contribution in [3.8, 4) is 0 Å². The van der Waals surface area contributed by atoms with Crippen LogP contribution in [-0.2, 0) is 0 Å². The molecule has 0 spiro atoms. The van der Waals surface area contributed by atoms with Crippen LogP contribution in [0.5, 0.6) is 0 Å². The highest BCUT2D eigenvalue weighted by Crippen LogP contribution is 1.99. The minimum absolute atomic E-state index is 0. The van der Waals surface area contributed by atoms with Gasteiger partial charge in [-0.25, -0.2) is 0 Å². The molecule has 5 nitrogen and oxygen atoms in total. The van der Waals surface area contributed by atoms with Crippen molar-refractivity contribution in [2.45, 2.75) is 26.7 Å². The highest BCUT2D eigenvalue weighted by atomic mass is 127. The largest absolute Gasteiger partial charge is 0.370 e. The molecule has 0 bridgehead atoms. The van der Waals surface area contributed by atoms with Crippen LogP contribution in [0.25, 0.3) is 0 Å². The van der Waals surface area contributed by atoms with Crippen LogP contribution >= 0.6 is 24.0 Å². The molecule has 0 atom stereocenters. The number of nitrogens with zero attached hydrogens (tertiary/aromatic N) is 3. The third-order valence-electron chi connectivity index (χ3n) is 3.44. The van der Waals surface area contributed by atoms with Gasteiger partial charge in [-0.15, -0.1) is 24.0 Å². The van der Waals surface area contributed by atoms with Gasteiger partial charge in [0.2, 0.25) is 0 Å². The second-order valence-corrected chi connectivity index (χ2v) is 4.82. The van der Waals surface area contributed by atoms with Gasteiger partial charge in [0.05, 0.1) is 0 Å². The Kier molecular flexibility index (Phi) is 11.7. The van der Waals surface area contributed by atoms with Gasteiger partial charge in [0.25, 0.3) is 0 Å². The maximum absolute atomic E-state index is 5.79. The molecule has 3 N–H and O–H groups in total. The second kappa shape index (κ2) is 11.7. The lowest BCUT2D eigenvalue weighted by atomic mass is 10.3. The zero-order valence-corrected chi connectivity index (χ0v) is 14.7. The molecule has 0 unspecified atom stereocenters. The lowest BCUT2D eigenvalue weighted by Gasteiger charge is -2.33. The molecule has 1 aliphatic heterocycles. The van der Waals surface area contributed by atoms with E-state index in [0.717, 1.165) is 26.1 Å². The third-order valence-corrected chi connectivity index (χ3v) is 3.44. The van der Waals surface area contributed by atoms with Crippen molar-refractivity contribution in [2.24, 2.45) is 10.7 Å². The molecule has 0 saturated carbocycles. The minimum Gasteiger partial charge on any atom is -0.370 e. The Morgan fingerprint density at radius 1 is 1.16 bits per heavy atom. The van der Waals surface area contributed by atoms with Crippen molar-refractivity contribution in [3.05, 3.63) is 0 Å². The summed E-state index contributed by atoms with van der Waals surface area (Å²) in [5, 5.41) is 3.19. The summed E-state index contributed by atoms with van der Waals surface area (Å²) in [5.74, 6) is 0.593. The molecule has 0 radical (unpaired) electrons. The first-order chi connectivity index (χ1) is 8.76. The first-order valence-corrected chi connectivity index (χ1v) is 7.24. The number of hydrogen-bond acceptors (Lipinski definition) is 3. The van der Waals surface area contributed by atoms with E-state index in [1.54, 1.807) is 0 Å². The Morgan fingerprint density at radius 2 is 1.79 bits per heavy atom. The molecule has 19 heavy (non-hydrogen) atoms. The predicted molar refractivity (Wildman–Crippen MR) is 93.4 cm³/mol. The summed E-state index contributed by atoms with van der Waals surface area (Å²) >= 11 is 0. The zero-order valence-electron chi connectivity index (χ0n) is 12.4. The van der Waals surface area contributed by atoms with E-state index < -0.39 is 0 Å². The number of nitrogens with two attached hydrogens (primary N) is 1. The van der Waals surface area contributed by atoms with Gasteiger partial charge in [0.15, 0.2) is 5.96 Å². The maximum Gasteiger partial charge on any atom is 0.188 e. The molecular weight excluding hydrogens is 353 g/mol. The molecule has 0 aromatic heterocycles. The van der Waals surface area contributed by atoms with Crippen LogP contribution in [0.15, 0.2) is 4.99 Å². The van der Waals surface area contributed by atoms with E-state index in [1.807, 2.05) is 0 Å². The van der Waals surface area contributed by atoms with Crippen LogP contribution in [0, 0.1) is 0 Å². The highest BCUT2D eigenvalue weighted by Gasteiger charge is 2.14. The van der Waals surface area contributed by atoms with Gasteiger partial charge in [-0.3, -0.25) is 9.89 Å². The van der Waals surface area contributed by atoms with E-state index in [0.29, 0.717) is 5.96 Å². The van der Waals surface area contributed by atoms with E-state index in [4.69, 9.17) is 5.73 Å². The van der Waals surface area contributed by atoms with Crippen LogP contribution < -0.4 is 11.1 Å². The molecule has 1 rings (SSSR count). The third kappa shape index (κ3) is 8.65. The van der Waals surface area contributed by atoms with Gasteiger partial charge < -0.3 is 16.0 Å². The lowest BCUT2D eigenvalue weighted by Crippen LogP contribution is -2.48. The molecule has 0 aromatic carbocycles. The normalized spacial score (nSPS) is 18.1. The number of rotatable bonds is 7. The van der Waals surface area contributed by atoms with E-state index in [9.17, 15) is 0 Å². The quantitative estimate of drug-likeness (QED) is 0.298. The molecule has 1 aliphatic rings. The van der Waals surface area contributed by atoms with Crippen LogP contribution in [0.1, 0.15) is 26.7 Å². The Bertz CT molecular complexity index is 239. The van der Waals surface area contributed by atoms with Crippen molar-refractivity contribution >= 4 is 29.9 Å². The Balaban J connectivity index is 0.00000324. The first kappa shape index (κ1) is 18.9. The van der Waals surface area contributed by atoms with Crippen LogP contribution in [-0.4, -0.2) is 68.1 Å². The van der Waals surface area contributed by atoms with Crippen molar-refractivity contribution in [1.82, 2.24) is 15.1 Å². The molecule has 0 aliphatic carbocycles. The summed E-state index contributed by atoms with van der Waals surface area (Å²) in [6, 6.07) is 0. The van der Waals surface area contributed by atoms with E-state index in [1.165, 1.54) is 39.1 Å². The monoisotopic (exact) mass is 383 g/mol. The second-order valence-electron chi connectivity index (χ2n) is 4.82. The topological polar surface area (TPSA) is 56.9 Å². The van der Waals surface area contributed by atoms with Gasteiger partial charge in [-0.2, -0.15) is 0 Å². The fourth-order valence-corrected chi connectivity index (χ4v) is 2.08. The van der Waals surface area contributed by atoms with E-state index in [-0.39, 0.29) is 24.0 Å². The summed E-state index contributed by atoms with van der Waals surface area (Å²) in [5.41, 5.74) is 5.79. The average Bonchev–Trinajstić information content (AvgIpc) is 2.40. The molecule has 0 aromatic rings. The minimum atomic E-state index is 0.